The number of H-pyrrole nitrogens is 1. The standard InChI is InChI=1S/C20H24N2/c1-7-16(18-11-13(3)9-10-19(18)21-6)12-20-14(4)17(8-2)15(5)22-20/h7-12,21-22H,1-2H2,3-6H3/b16-12+. The Balaban J connectivity index is 2.60. The van der Waals surface area contributed by atoms with Crippen LogP contribution in [0, 0.1) is 20.8 Å². The summed E-state index contributed by atoms with van der Waals surface area (Å²) in [4.78, 5) is 3.43. The first-order valence-corrected chi connectivity index (χ1v) is 7.46. The Morgan fingerprint density at radius 3 is 2.45 bits per heavy atom. The fourth-order valence-corrected chi connectivity index (χ4v) is 2.76. The van der Waals surface area contributed by atoms with Crippen LogP contribution in [0.4, 0.5) is 5.69 Å². The lowest BCUT2D eigenvalue weighted by Gasteiger charge is -2.11. The Morgan fingerprint density at radius 1 is 1.18 bits per heavy atom. The van der Waals surface area contributed by atoms with Crippen molar-refractivity contribution in [3.63, 3.8) is 0 Å². The van der Waals surface area contributed by atoms with Gasteiger partial charge in [-0.1, -0.05) is 36.9 Å². The lowest BCUT2D eigenvalue weighted by molar-refractivity contribution is 1.24. The van der Waals surface area contributed by atoms with Gasteiger partial charge in [-0.2, -0.15) is 0 Å². The predicted octanol–water partition coefficient (Wildman–Crippen LogP) is 5.35. The fourth-order valence-electron chi connectivity index (χ4n) is 2.76. The summed E-state index contributed by atoms with van der Waals surface area (Å²) in [6.07, 6.45) is 5.95. The first-order chi connectivity index (χ1) is 10.5. The van der Waals surface area contributed by atoms with Crippen molar-refractivity contribution < 1.29 is 0 Å². The molecule has 0 unspecified atom stereocenters. The second-order valence-electron chi connectivity index (χ2n) is 5.51. The Hall–Kier alpha value is -2.48. The quantitative estimate of drug-likeness (QED) is 0.714. The van der Waals surface area contributed by atoms with Crippen molar-refractivity contribution in [3.05, 3.63) is 71.1 Å². The number of nitrogens with one attached hydrogen (secondary N) is 2. The average Bonchev–Trinajstić information content (AvgIpc) is 2.78. The maximum Gasteiger partial charge on any atom is 0.0424 e. The van der Waals surface area contributed by atoms with Gasteiger partial charge in [-0.05, 0) is 55.7 Å². The van der Waals surface area contributed by atoms with E-state index < -0.39 is 0 Å². The lowest BCUT2D eigenvalue weighted by atomic mass is 9.99. The van der Waals surface area contributed by atoms with Gasteiger partial charge >= 0.3 is 0 Å². The van der Waals surface area contributed by atoms with E-state index in [9.17, 15) is 0 Å². The van der Waals surface area contributed by atoms with E-state index in [0.717, 1.165) is 28.2 Å². The van der Waals surface area contributed by atoms with Gasteiger partial charge in [0.15, 0.2) is 0 Å². The maximum absolute atomic E-state index is 3.99. The first kappa shape index (κ1) is 15.9. The molecule has 0 saturated heterocycles. The highest BCUT2D eigenvalue weighted by Gasteiger charge is 2.10. The highest BCUT2D eigenvalue weighted by atomic mass is 14.8. The monoisotopic (exact) mass is 292 g/mol. The zero-order valence-corrected chi connectivity index (χ0v) is 13.9. The highest BCUT2D eigenvalue weighted by Crippen LogP contribution is 2.29. The molecule has 0 fully saturated rings. The largest absolute Gasteiger partial charge is 0.388 e. The van der Waals surface area contributed by atoms with E-state index in [0.29, 0.717) is 0 Å². The number of hydrogen-bond donors (Lipinski definition) is 2. The molecule has 0 saturated carbocycles. The van der Waals surface area contributed by atoms with Crippen molar-refractivity contribution in [2.24, 2.45) is 0 Å². The SMILES string of the molecule is C=C/C(=C\c1[nH]c(C)c(C=C)c1C)c1cc(C)ccc1NC. The van der Waals surface area contributed by atoms with Crippen LogP contribution in [-0.2, 0) is 0 Å². The molecule has 114 valence electrons. The number of aromatic nitrogens is 1. The van der Waals surface area contributed by atoms with Crippen LogP contribution in [-0.4, -0.2) is 12.0 Å². The summed E-state index contributed by atoms with van der Waals surface area (Å²) in [6, 6.07) is 6.39. The van der Waals surface area contributed by atoms with Gasteiger partial charge in [0.25, 0.3) is 0 Å². The number of benzene rings is 1. The third kappa shape index (κ3) is 2.91. The van der Waals surface area contributed by atoms with Gasteiger partial charge in [-0.25, -0.2) is 0 Å². The molecule has 1 aromatic carbocycles. The van der Waals surface area contributed by atoms with Crippen molar-refractivity contribution >= 4 is 23.4 Å². The van der Waals surface area contributed by atoms with Crippen LogP contribution in [0.25, 0.3) is 17.7 Å². The van der Waals surface area contributed by atoms with Crippen molar-refractivity contribution in [2.45, 2.75) is 20.8 Å². The topological polar surface area (TPSA) is 27.8 Å². The van der Waals surface area contributed by atoms with E-state index >= 15 is 0 Å². The molecule has 2 heteroatoms. The van der Waals surface area contributed by atoms with E-state index in [4.69, 9.17) is 0 Å². The molecule has 0 bridgehead atoms. The van der Waals surface area contributed by atoms with Gasteiger partial charge in [-0.3, -0.25) is 0 Å². The van der Waals surface area contributed by atoms with Gasteiger partial charge in [0.1, 0.15) is 0 Å². The fraction of sp³-hybridized carbons (Fsp3) is 0.200. The van der Waals surface area contributed by atoms with Gasteiger partial charge < -0.3 is 10.3 Å². The van der Waals surface area contributed by atoms with Crippen molar-refractivity contribution in [1.29, 1.82) is 0 Å². The number of rotatable bonds is 5. The molecular formula is C20H24N2. The van der Waals surface area contributed by atoms with Gasteiger partial charge in [-0.15, -0.1) is 0 Å². The van der Waals surface area contributed by atoms with Crippen LogP contribution >= 0.6 is 0 Å². The molecule has 2 aromatic rings. The number of aryl methyl sites for hydroxylation is 2. The predicted molar refractivity (Wildman–Crippen MR) is 99.2 cm³/mol. The molecule has 1 heterocycles. The summed E-state index contributed by atoms with van der Waals surface area (Å²) in [5.74, 6) is 0. The molecule has 0 aliphatic rings. The number of aromatic amines is 1. The maximum atomic E-state index is 3.99. The summed E-state index contributed by atoms with van der Waals surface area (Å²) in [7, 11) is 1.94. The van der Waals surface area contributed by atoms with Crippen LogP contribution in [0.1, 0.15) is 33.6 Å². The summed E-state index contributed by atoms with van der Waals surface area (Å²) in [5, 5.41) is 3.25. The molecular weight excluding hydrogens is 268 g/mol. The molecule has 1 aromatic heterocycles. The van der Waals surface area contributed by atoms with Crippen LogP contribution in [0.2, 0.25) is 0 Å². The van der Waals surface area contributed by atoms with Gasteiger partial charge in [0.2, 0.25) is 0 Å². The Kier molecular flexibility index (Phi) is 4.71. The van der Waals surface area contributed by atoms with Crippen LogP contribution < -0.4 is 5.32 Å². The third-order valence-electron chi connectivity index (χ3n) is 4.01. The molecule has 0 aliphatic heterocycles. The summed E-state index contributed by atoms with van der Waals surface area (Å²) >= 11 is 0. The summed E-state index contributed by atoms with van der Waals surface area (Å²) < 4.78 is 0. The van der Waals surface area contributed by atoms with Crippen LogP contribution in [0.15, 0.2) is 37.4 Å². The molecule has 0 spiro atoms. The number of hydrogen-bond acceptors (Lipinski definition) is 1. The molecule has 2 N–H and O–H groups in total. The van der Waals surface area contributed by atoms with Gasteiger partial charge in [0, 0.05) is 29.7 Å². The van der Waals surface area contributed by atoms with E-state index in [1.165, 1.54) is 16.7 Å². The van der Waals surface area contributed by atoms with E-state index in [2.05, 4.69) is 68.5 Å². The van der Waals surface area contributed by atoms with Crippen molar-refractivity contribution in [1.82, 2.24) is 4.98 Å². The summed E-state index contributed by atoms with van der Waals surface area (Å²) in [6.45, 7) is 14.2. The molecule has 0 amide bonds. The van der Waals surface area contributed by atoms with E-state index in [-0.39, 0.29) is 0 Å². The number of anilines is 1. The summed E-state index contributed by atoms with van der Waals surface area (Å²) in [5.41, 5.74) is 9.20. The Labute approximate surface area is 133 Å². The van der Waals surface area contributed by atoms with Crippen molar-refractivity contribution in [2.75, 3.05) is 12.4 Å². The molecule has 2 nitrogen and oxygen atoms in total. The molecule has 0 aliphatic carbocycles. The van der Waals surface area contributed by atoms with E-state index in [1.54, 1.807) is 0 Å². The van der Waals surface area contributed by atoms with E-state index in [1.807, 2.05) is 19.2 Å². The molecule has 0 atom stereocenters. The Morgan fingerprint density at radius 2 is 1.91 bits per heavy atom. The smallest absolute Gasteiger partial charge is 0.0424 e. The third-order valence-corrected chi connectivity index (χ3v) is 4.01. The van der Waals surface area contributed by atoms with Gasteiger partial charge in [0.05, 0.1) is 0 Å². The average molecular weight is 292 g/mol. The normalized spacial score (nSPS) is 11.4. The minimum Gasteiger partial charge on any atom is -0.388 e. The minimum atomic E-state index is 1.09. The first-order valence-electron chi connectivity index (χ1n) is 7.46. The molecule has 22 heavy (non-hydrogen) atoms. The van der Waals surface area contributed by atoms with Crippen LogP contribution in [0.5, 0.6) is 0 Å². The molecule has 2 rings (SSSR count). The number of allylic oxidation sites excluding steroid dienone is 2. The van der Waals surface area contributed by atoms with Crippen molar-refractivity contribution in [3.8, 4) is 0 Å². The Bertz CT molecular complexity index is 745. The second kappa shape index (κ2) is 6.52. The zero-order chi connectivity index (χ0) is 16.3. The lowest BCUT2D eigenvalue weighted by Crippen LogP contribution is -1.95. The highest BCUT2D eigenvalue weighted by molar-refractivity contribution is 5.92. The second-order valence-corrected chi connectivity index (χ2v) is 5.51. The zero-order valence-electron chi connectivity index (χ0n) is 13.9. The molecule has 0 radical (unpaired) electrons. The minimum absolute atomic E-state index is 1.09. The van der Waals surface area contributed by atoms with Crippen LogP contribution in [0.3, 0.4) is 0 Å².